The number of hydrogen-bond acceptors (Lipinski definition) is 4. The van der Waals surface area contributed by atoms with Crippen molar-refractivity contribution in [1.82, 2.24) is 20.2 Å². The molecule has 2 aromatic rings. The second-order valence-corrected chi connectivity index (χ2v) is 6.07. The summed E-state index contributed by atoms with van der Waals surface area (Å²) in [5.74, 6) is -0.360. The third kappa shape index (κ3) is 2.49. The molecule has 1 aromatic carbocycles. The minimum atomic E-state index is -0.808. The van der Waals surface area contributed by atoms with E-state index in [-0.39, 0.29) is 6.54 Å². The summed E-state index contributed by atoms with van der Waals surface area (Å²) in [7, 11) is 0. The molecule has 0 spiro atoms. The fourth-order valence-corrected chi connectivity index (χ4v) is 3.00. The number of rotatable bonds is 4. The van der Waals surface area contributed by atoms with Gasteiger partial charge in [-0.2, -0.15) is 0 Å². The van der Waals surface area contributed by atoms with E-state index < -0.39 is 11.4 Å². The number of aromatic nitrogens is 4. The third-order valence-electron chi connectivity index (χ3n) is 3.92. The average Bonchev–Trinajstić information content (AvgIpc) is 2.81. The quantitative estimate of drug-likeness (QED) is 0.934. The highest BCUT2D eigenvalue weighted by atomic mass is 35.5. The molecule has 0 amide bonds. The molecule has 0 bridgehead atoms. The maximum atomic E-state index is 11.5. The number of nitrogens with zero attached hydrogens (tertiary/aromatic N) is 4. The van der Waals surface area contributed by atoms with Crippen LogP contribution >= 0.6 is 23.2 Å². The predicted molar refractivity (Wildman–Crippen MR) is 77.2 cm³/mol. The van der Waals surface area contributed by atoms with Crippen LogP contribution in [0.3, 0.4) is 0 Å². The summed E-state index contributed by atoms with van der Waals surface area (Å²) in [4.78, 5) is 11.5. The highest BCUT2D eigenvalue weighted by Gasteiger charge is 2.45. The zero-order valence-electron chi connectivity index (χ0n) is 11.0. The van der Waals surface area contributed by atoms with Gasteiger partial charge < -0.3 is 5.11 Å². The largest absolute Gasteiger partial charge is 0.481 e. The van der Waals surface area contributed by atoms with Crippen molar-refractivity contribution in [2.75, 3.05) is 0 Å². The first kappa shape index (κ1) is 14.3. The van der Waals surface area contributed by atoms with Crippen molar-refractivity contribution >= 4 is 29.2 Å². The number of benzene rings is 1. The summed E-state index contributed by atoms with van der Waals surface area (Å²) in [6.45, 7) is 0.240. The molecule has 110 valence electrons. The molecule has 1 N–H and O–H groups in total. The minimum Gasteiger partial charge on any atom is -0.481 e. The first-order chi connectivity index (χ1) is 10.0. The van der Waals surface area contributed by atoms with E-state index in [1.54, 1.807) is 18.2 Å². The first-order valence-corrected chi connectivity index (χ1v) is 7.22. The Kier molecular flexibility index (Phi) is 3.59. The van der Waals surface area contributed by atoms with Crippen molar-refractivity contribution < 1.29 is 9.90 Å². The molecule has 1 saturated carbocycles. The first-order valence-electron chi connectivity index (χ1n) is 6.47. The van der Waals surface area contributed by atoms with Crippen LogP contribution in [0.25, 0.3) is 11.4 Å². The van der Waals surface area contributed by atoms with Crippen LogP contribution in [-0.4, -0.2) is 31.3 Å². The van der Waals surface area contributed by atoms with Crippen molar-refractivity contribution in [2.45, 2.75) is 25.8 Å². The molecule has 1 aliphatic carbocycles. The summed E-state index contributed by atoms with van der Waals surface area (Å²) in [5, 5.41) is 21.9. The summed E-state index contributed by atoms with van der Waals surface area (Å²) >= 11 is 12.0. The molecule has 6 nitrogen and oxygen atoms in total. The van der Waals surface area contributed by atoms with E-state index in [1.807, 2.05) is 0 Å². The monoisotopic (exact) mass is 326 g/mol. The van der Waals surface area contributed by atoms with Gasteiger partial charge in [0, 0.05) is 10.6 Å². The van der Waals surface area contributed by atoms with Crippen LogP contribution in [0.2, 0.25) is 10.0 Å². The number of carbonyl (C=O) groups is 1. The molecule has 1 heterocycles. The molecule has 0 atom stereocenters. The van der Waals surface area contributed by atoms with Crippen molar-refractivity contribution in [3.05, 3.63) is 28.2 Å². The lowest BCUT2D eigenvalue weighted by Crippen LogP contribution is -2.42. The SMILES string of the molecule is O=C(O)C1(Cn2nnnc2-c2ccc(Cl)cc2Cl)CCC1. The fraction of sp³-hybridized carbons (Fsp3) is 0.385. The van der Waals surface area contributed by atoms with Gasteiger partial charge in [-0.05, 0) is 41.5 Å². The summed E-state index contributed by atoms with van der Waals surface area (Å²) < 4.78 is 1.50. The highest BCUT2D eigenvalue weighted by molar-refractivity contribution is 6.36. The van der Waals surface area contributed by atoms with E-state index in [2.05, 4.69) is 15.5 Å². The van der Waals surface area contributed by atoms with Crippen LogP contribution in [-0.2, 0) is 11.3 Å². The molecule has 1 aromatic heterocycles. The molecule has 1 aliphatic rings. The van der Waals surface area contributed by atoms with Crippen molar-refractivity contribution in [3.8, 4) is 11.4 Å². The Morgan fingerprint density at radius 1 is 1.38 bits per heavy atom. The van der Waals surface area contributed by atoms with Crippen molar-refractivity contribution in [3.63, 3.8) is 0 Å². The smallest absolute Gasteiger partial charge is 0.311 e. The van der Waals surface area contributed by atoms with E-state index in [0.29, 0.717) is 34.3 Å². The number of tetrazole rings is 1. The molecule has 8 heteroatoms. The van der Waals surface area contributed by atoms with E-state index in [1.165, 1.54) is 4.68 Å². The molecule has 3 rings (SSSR count). The van der Waals surface area contributed by atoms with Crippen molar-refractivity contribution in [1.29, 1.82) is 0 Å². The van der Waals surface area contributed by atoms with Gasteiger partial charge in [0.1, 0.15) is 0 Å². The molecule has 0 saturated heterocycles. The van der Waals surface area contributed by atoms with Crippen molar-refractivity contribution in [2.24, 2.45) is 5.41 Å². The molecule has 1 fully saturated rings. The average molecular weight is 327 g/mol. The van der Waals surface area contributed by atoms with Crippen LogP contribution in [0.15, 0.2) is 18.2 Å². The third-order valence-corrected chi connectivity index (χ3v) is 4.47. The summed E-state index contributed by atoms with van der Waals surface area (Å²) in [5.41, 5.74) is -0.144. The lowest BCUT2D eigenvalue weighted by atomic mass is 9.69. The van der Waals surface area contributed by atoms with E-state index >= 15 is 0 Å². The summed E-state index contributed by atoms with van der Waals surface area (Å²) in [6, 6.07) is 5.02. The van der Waals surface area contributed by atoms with E-state index in [9.17, 15) is 9.90 Å². The Balaban J connectivity index is 1.96. The topological polar surface area (TPSA) is 80.9 Å². The molecular weight excluding hydrogens is 315 g/mol. The maximum Gasteiger partial charge on any atom is 0.311 e. The van der Waals surface area contributed by atoms with Crippen LogP contribution in [0.4, 0.5) is 0 Å². The van der Waals surface area contributed by atoms with Gasteiger partial charge in [-0.1, -0.05) is 29.6 Å². The standard InChI is InChI=1S/C13H12Cl2N4O2/c14-8-2-3-9(10(15)6-8)11-16-17-18-19(11)7-13(12(20)21)4-1-5-13/h2-3,6H,1,4-5,7H2,(H,20,21). The normalized spacial score (nSPS) is 16.5. The molecule has 21 heavy (non-hydrogen) atoms. The van der Waals surface area contributed by atoms with Gasteiger partial charge in [0.25, 0.3) is 0 Å². The second kappa shape index (κ2) is 5.27. The Morgan fingerprint density at radius 3 is 2.71 bits per heavy atom. The van der Waals surface area contributed by atoms with Crippen LogP contribution in [0.1, 0.15) is 19.3 Å². The highest BCUT2D eigenvalue weighted by Crippen LogP contribution is 2.43. The van der Waals surface area contributed by atoms with Gasteiger partial charge in [0.15, 0.2) is 5.82 Å². The minimum absolute atomic E-state index is 0.240. The number of aliphatic carboxylic acids is 1. The fourth-order valence-electron chi connectivity index (χ4n) is 2.50. The maximum absolute atomic E-state index is 11.5. The Labute approximate surface area is 130 Å². The van der Waals surface area contributed by atoms with Crippen LogP contribution in [0, 0.1) is 5.41 Å². The van der Waals surface area contributed by atoms with E-state index in [0.717, 1.165) is 6.42 Å². The van der Waals surface area contributed by atoms with Gasteiger partial charge in [-0.25, -0.2) is 4.68 Å². The van der Waals surface area contributed by atoms with Gasteiger partial charge in [0.2, 0.25) is 0 Å². The number of carboxylic acids is 1. The zero-order valence-corrected chi connectivity index (χ0v) is 12.5. The van der Waals surface area contributed by atoms with Crippen LogP contribution in [0.5, 0.6) is 0 Å². The Hall–Kier alpha value is -1.66. The molecular formula is C13H12Cl2N4O2. The number of hydrogen-bond donors (Lipinski definition) is 1. The van der Waals surface area contributed by atoms with Gasteiger partial charge in [-0.15, -0.1) is 5.10 Å². The second-order valence-electron chi connectivity index (χ2n) is 5.22. The number of halogens is 2. The van der Waals surface area contributed by atoms with Gasteiger partial charge in [0.05, 0.1) is 17.0 Å². The molecule has 0 unspecified atom stereocenters. The molecule has 0 aliphatic heterocycles. The van der Waals surface area contributed by atoms with E-state index in [4.69, 9.17) is 23.2 Å². The lowest BCUT2D eigenvalue weighted by molar-refractivity contribution is -0.156. The van der Waals surface area contributed by atoms with Gasteiger partial charge in [-0.3, -0.25) is 4.79 Å². The van der Waals surface area contributed by atoms with Crippen LogP contribution < -0.4 is 0 Å². The Bertz CT molecular complexity index is 697. The zero-order chi connectivity index (χ0) is 15.0. The van der Waals surface area contributed by atoms with Gasteiger partial charge >= 0.3 is 5.97 Å². The lowest BCUT2D eigenvalue weighted by Gasteiger charge is -2.37. The predicted octanol–water partition coefficient (Wildman–Crippen LogP) is 2.90. The Morgan fingerprint density at radius 2 is 2.14 bits per heavy atom. The summed E-state index contributed by atoms with van der Waals surface area (Å²) in [6.07, 6.45) is 2.18. The molecule has 0 radical (unpaired) electrons. The number of carboxylic acid groups (broad SMARTS) is 1.